The van der Waals surface area contributed by atoms with Crippen LogP contribution >= 0.6 is 0 Å². The summed E-state index contributed by atoms with van der Waals surface area (Å²) in [6.07, 6.45) is 0. The van der Waals surface area contributed by atoms with Gasteiger partial charge in [-0.2, -0.15) is 5.26 Å². The third kappa shape index (κ3) is 1.56. The molecule has 5 heteroatoms. The van der Waals surface area contributed by atoms with Crippen LogP contribution in [0.3, 0.4) is 0 Å². The van der Waals surface area contributed by atoms with Gasteiger partial charge in [0.1, 0.15) is 6.07 Å². The molecule has 1 fully saturated rings. The van der Waals surface area contributed by atoms with Crippen LogP contribution in [0.25, 0.3) is 0 Å². The largest absolute Gasteiger partial charge is 0.424 e. The second-order valence-corrected chi connectivity index (χ2v) is 3.24. The number of oxazole rings is 1. The zero-order chi connectivity index (χ0) is 9.97. The van der Waals surface area contributed by atoms with Gasteiger partial charge in [-0.15, -0.1) is 0 Å². The highest BCUT2D eigenvalue weighted by atomic mass is 16.4. The molecule has 2 heterocycles. The van der Waals surface area contributed by atoms with Gasteiger partial charge in [0.05, 0.1) is 0 Å². The maximum atomic E-state index is 8.85. The highest BCUT2D eigenvalue weighted by Crippen LogP contribution is 2.21. The van der Waals surface area contributed by atoms with Gasteiger partial charge in [0.25, 0.3) is 0 Å². The molecule has 1 aliphatic heterocycles. The van der Waals surface area contributed by atoms with Crippen LogP contribution < -0.4 is 10.2 Å². The molecule has 0 amide bonds. The Morgan fingerprint density at radius 3 is 2.86 bits per heavy atom. The number of aromatic nitrogens is 1. The van der Waals surface area contributed by atoms with Gasteiger partial charge in [-0.25, -0.2) is 4.98 Å². The first-order valence-electron chi connectivity index (χ1n) is 4.64. The molecule has 1 aromatic rings. The summed E-state index contributed by atoms with van der Waals surface area (Å²) in [5, 5.41) is 12.1. The van der Waals surface area contributed by atoms with Crippen molar-refractivity contribution in [2.24, 2.45) is 0 Å². The van der Waals surface area contributed by atoms with Crippen LogP contribution in [0.4, 0.5) is 5.88 Å². The molecule has 0 atom stereocenters. The summed E-state index contributed by atoms with van der Waals surface area (Å²) in [7, 11) is 0. The summed E-state index contributed by atoms with van der Waals surface area (Å²) < 4.78 is 5.41. The fourth-order valence-corrected chi connectivity index (χ4v) is 1.57. The Morgan fingerprint density at radius 2 is 2.21 bits per heavy atom. The number of hydrogen-bond donors (Lipinski definition) is 1. The molecule has 0 spiro atoms. The third-order valence-electron chi connectivity index (χ3n) is 2.23. The Bertz CT molecular complexity index is 359. The van der Waals surface area contributed by atoms with Gasteiger partial charge in [0, 0.05) is 33.1 Å². The summed E-state index contributed by atoms with van der Waals surface area (Å²) >= 11 is 0. The minimum Gasteiger partial charge on any atom is -0.424 e. The Kier molecular flexibility index (Phi) is 2.37. The lowest BCUT2D eigenvalue weighted by atomic mass is 10.3. The van der Waals surface area contributed by atoms with Crippen LogP contribution in [-0.4, -0.2) is 31.2 Å². The van der Waals surface area contributed by atoms with Gasteiger partial charge < -0.3 is 14.6 Å². The molecule has 1 N–H and O–H groups in total. The topological polar surface area (TPSA) is 65.1 Å². The van der Waals surface area contributed by atoms with Gasteiger partial charge in [-0.05, 0) is 0 Å². The number of nitriles is 1. The van der Waals surface area contributed by atoms with E-state index in [1.165, 1.54) is 0 Å². The zero-order valence-corrected chi connectivity index (χ0v) is 8.08. The van der Waals surface area contributed by atoms with Gasteiger partial charge in [0.2, 0.25) is 11.6 Å². The van der Waals surface area contributed by atoms with E-state index in [2.05, 4.69) is 15.2 Å². The molecule has 14 heavy (non-hydrogen) atoms. The van der Waals surface area contributed by atoms with Crippen LogP contribution in [0.1, 0.15) is 11.6 Å². The number of aryl methyl sites for hydroxylation is 1. The molecule has 0 aromatic carbocycles. The molecule has 0 saturated carbocycles. The smallest absolute Gasteiger partial charge is 0.234 e. The van der Waals surface area contributed by atoms with Crippen LogP contribution in [0.5, 0.6) is 0 Å². The standard InChI is InChI=1S/C9H12N4O/c1-7-12-8(6-10)9(14-7)13-4-2-11-3-5-13/h11H,2-5H2,1H3. The van der Waals surface area contributed by atoms with Crippen molar-refractivity contribution in [3.05, 3.63) is 11.6 Å². The van der Waals surface area contributed by atoms with Gasteiger partial charge >= 0.3 is 0 Å². The van der Waals surface area contributed by atoms with Crippen molar-refractivity contribution < 1.29 is 4.42 Å². The number of anilines is 1. The normalized spacial score (nSPS) is 16.7. The van der Waals surface area contributed by atoms with Crippen molar-refractivity contribution >= 4 is 5.88 Å². The molecule has 2 rings (SSSR count). The first kappa shape index (κ1) is 9.03. The molecule has 0 radical (unpaired) electrons. The number of nitrogens with zero attached hydrogens (tertiary/aromatic N) is 3. The predicted octanol–water partition coefficient (Wildman–Crippen LogP) is 0.264. The van der Waals surface area contributed by atoms with Crippen LogP contribution in [0.15, 0.2) is 4.42 Å². The molecule has 74 valence electrons. The first-order chi connectivity index (χ1) is 6.81. The molecule has 1 aliphatic rings. The lowest BCUT2D eigenvalue weighted by molar-refractivity contribution is 0.484. The molecule has 0 unspecified atom stereocenters. The first-order valence-corrected chi connectivity index (χ1v) is 4.64. The summed E-state index contributed by atoms with van der Waals surface area (Å²) in [6, 6.07) is 2.05. The molecular formula is C9H12N4O. The molecule has 0 aliphatic carbocycles. The van der Waals surface area contributed by atoms with E-state index >= 15 is 0 Å². The summed E-state index contributed by atoms with van der Waals surface area (Å²) in [4.78, 5) is 6.07. The SMILES string of the molecule is Cc1nc(C#N)c(N2CCNCC2)o1. The summed E-state index contributed by atoms with van der Waals surface area (Å²) in [6.45, 7) is 5.33. The number of piperazine rings is 1. The highest BCUT2D eigenvalue weighted by Gasteiger charge is 2.19. The molecule has 1 aromatic heterocycles. The average Bonchev–Trinajstić information content (AvgIpc) is 2.61. The Balaban J connectivity index is 2.25. The van der Waals surface area contributed by atoms with Crippen molar-refractivity contribution in [1.29, 1.82) is 5.26 Å². The lowest BCUT2D eigenvalue weighted by Crippen LogP contribution is -2.43. The van der Waals surface area contributed by atoms with Crippen molar-refractivity contribution in [2.45, 2.75) is 6.92 Å². The molecular weight excluding hydrogens is 180 g/mol. The average molecular weight is 192 g/mol. The quantitative estimate of drug-likeness (QED) is 0.691. The van der Waals surface area contributed by atoms with E-state index in [9.17, 15) is 0 Å². The van der Waals surface area contributed by atoms with E-state index in [1.54, 1.807) is 6.92 Å². The van der Waals surface area contributed by atoms with Crippen molar-refractivity contribution in [2.75, 3.05) is 31.1 Å². The van der Waals surface area contributed by atoms with E-state index in [0.29, 0.717) is 17.5 Å². The van der Waals surface area contributed by atoms with Crippen molar-refractivity contribution in [3.8, 4) is 6.07 Å². The second kappa shape index (κ2) is 3.68. The van der Waals surface area contributed by atoms with Crippen LogP contribution in [0, 0.1) is 18.3 Å². The van der Waals surface area contributed by atoms with E-state index < -0.39 is 0 Å². The fraction of sp³-hybridized carbons (Fsp3) is 0.556. The monoisotopic (exact) mass is 192 g/mol. The Labute approximate surface area is 82.3 Å². The van der Waals surface area contributed by atoms with Crippen LogP contribution in [-0.2, 0) is 0 Å². The highest BCUT2D eigenvalue weighted by molar-refractivity contribution is 5.48. The van der Waals surface area contributed by atoms with E-state index in [4.69, 9.17) is 9.68 Å². The van der Waals surface area contributed by atoms with Gasteiger partial charge in [-0.1, -0.05) is 0 Å². The molecule has 1 saturated heterocycles. The van der Waals surface area contributed by atoms with Crippen molar-refractivity contribution in [1.82, 2.24) is 10.3 Å². The fourth-order valence-electron chi connectivity index (χ4n) is 1.57. The van der Waals surface area contributed by atoms with E-state index in [0.717, 1.165) is 26.2 Å². The molecule has 5 nitrogen and oxygen atoms in total. The van der Waals surface area contributed by atoms with E-state index in [1.807, 2.05) is 6.07 Å². The number of nitrogens with one attached hydrogen (secondary N) is 1. The van der Waals surface area contributed by atoms with Crippen molar-refractivity contribution in [3.63, 3.8) is 0 Å². The van der Waals surface area contributed by atoms with Crippen LogP contribution in [0.2, 0.25) is 0 Å². The maximum absolute atomic E-state index is 8.85. The van der Waals surface area contributed by atoms with E-state index in [-0.39, 0.29) is 0 Å². The Morgan fingerprint density at radius 1 is 1.50 bits per heavy atom. The molecule has 0 bridgehead atoms. The predicted molar refractivity (Wildman–Crippen MR) is 51.0 cm³/mol. The third-order valence-corrected chi connectivity index (χ3v) is 2.23. The summed E-state index contributed by atoms with van der Waals surface area (Å²) in [5.41, 5.74) is 0.393. The van der Waals surface area contributed by atoms with Gasteiger partial charge in [0.15, 0.2) is 5.89 Å². The second-order valence-electron chi connectivity index (χ2n) is 3.24. The minimum atomic E-state index is 0.393. The van der Waals surface area contributed by atoms with Gasteiger partial charge in [-0.3, -0.25) is 0 Å². The lowest BCUT2D eigenvalue weighted by Gasteiger charge is -2.26. The maximum Gasteiger partial charge on any atom is 0.234 e. The number of hydrogen-bond acceptors (Lipinski definition) is 5. The minimum absolute atomic E-state index is 0.393. The zero-order valence-electron chi connectivity index (χ0n) is 8.08. The number of rotatable bonds is 1. The summed E-state index contributed by atoms with van der Waals surface area (Å²) in [5.74, 6) is 1.17. The Hall–Kier alpha value is -1.54.